The lowest BCUT2D eigenvalue weighted by Crippen LogP contribution is -2.34. The molecule has 2 rings (SSSR count). The monoisotopic (exact) mass is 184 g/mol. The van der Waals surface area contributed by atoms with E-state index in [1.165, 1.54) is 25.7 Å². The van der Waals surface area contributed by atoms with Crippen molar-refractivity contribution in [1.29, 1.82) is 0 Å². The van der Waals surface area contributed by atoms with Crippen LogP contribution in [0.3, 0.4) is 0 Å². The lowest BCUT2D eigenvalue weighted by Gasteiger charge is -2.26. The van der Waals surface area contributed by atoms with E-state index < -0.39 is 8.32 Å². The number of hydrogen-bond acceptors (Lipinski definition) is 1. The highest BCUT2D eigenvalue weighted by molar-refractivity contribution is 6.69. The highest BCUT2D eigenvalue weighted by atomic mass is 28.4. The maximum Gasteiger partial charge on any atom is 0.184 e. The first kappa shape index (κ1) is 8.76. The lowest BCUT2D eigenvalue weighted by molar-refractivity contribution is 0.142. The van der Waals surface area contributed by atoms with E-state index in [9.17, 15) is 0 Å². The average Bonchev–Trinajstić information content (AvgIpc) is 2.21. The molecule has 2 heteroatoms. The van der Waals surface area contributed by atoms with Crippen LogP contribution in [0.1, 0.15) is 32.6 Å². The molecule has 0 bridgehead atoms. The summed E-state index contributed by atoms with van der Waals surface area (Å²) in [6.07, 6.45) is 5.45. The Labute approximate surface area is 76.6 Å². The Hall–Kier alpha value is 0.177. The van der Waals surface area contributed by atoms with E-state index in [1.807, 2.05) is 0 Å². The Kier molecular flexibility index (Phi) is 1.57. The van der Waals surface area contributed by atoms with Gasteiger partial charge in [-0.05, 0) is 50.7 Å². The minimum Gasteiger partial charge on any atom is -0.412 e. The Bertz CT molecular complexity index is 204. The van der Waals surface area contributed by atoms with Gasteiger partial charge in [0.05, 0.1) is 5.60 Å². The van der Waals surface area contributed by atoms with Crippen molar-refractivity contribution in [2.75, 3.05) is 0 Å². The average molecular weight is 184 g/mol. The normalized spacial score (nSPS) is 46.0. The van der Waals surface area contributed by atoms with Crippen LogP contribution in [0.15, 0.2) is 0 Å². The zero-order valence-corrected chi connectivity index (χ0v) is 9.74. The zero-order valence-electron chi connectivity index (χ0n) is 8.74. The van der Waals surface area contributed by atoms with Crippen LogP contribution < -0.4 is 0 Å². The van der Waals surface area contributed by atoms with Gasteiger partial charge in [0.15, 0.2) is 8.32 Å². The first-order valence-electron chi connectivity index (χ1n) is 5.07. The second kappa shape index (κ2) is 2.15. The van der Waals surface area contributed by atoms with Crippen molar-refractivity contribution in [3.63, 3.8) is 0 Å². The van der Waals surface area contributed by atoms with Crippen LogP contribution in [0.4, 0.5) is 0 Å². The van der Waals surface area contributed by atoms with Gasteiger partial charge < -0.3 is 4.43 Å². The summed E-state index contributed by atoms with van der Waals surface area (Å²) in [4.78, 5) is 0. The van der Waals surface area contributed by atoms with Gasteiger partial charge in [-0.1, -0.05) is 6.92 Å². The molecule has 0 unspecified atom stereocenters. The third kappa shape index (κ3) is 1.16. The number of fused-ring (bicyclic) bond motifs is 1. The molecule has 0 aromatic carbocycles. The smallest absolute Gasteiger partial charge is 0.184 e. The zero-order chi connectivity index (χ0) is 9.04. The molecule has 0 aliphatic heterocycles. The van der Waals surface area contributed by atoms with Gasteiger partial charge in [-0.25, -0.2) is 0 Å². The summed E-state index contributed by atoms with van der Waals surface area (Å²) < 4.78 is 6.30. The molecule has 2 saturated carbocycles. The summed E-state index contributed by atoms with van der Waals surface area (Å²) in [5, 5.41) is 0. The molecule has 2 aliphatic carbocycles. The van der Waals surface area contributed by atoms with E-state index >= 15 is 0 Å². The third-order valence-corrected chi connectivity index (χ3v) is 4.46. The molecule has 2 fully saturated rings. The van der Waals surface area contributed by atoms with Gasteiger partial charge in [0.2, 0.25) is 0 Å². The minimum absolute atomic E-state index is 0.345. The van der Waals surface area contributed by atoms with E-state index in [1.54, 1.807) is 0 Å². The predicted octanol–water partition coefficient (Wildman–Crippen LogP) is 3.17. The van der Waals surface area contributed by atoms with Crippen LogP contribution in [0, 0.1) is 5.41 Å². The lowest BCUT2D eigenvalue weighted by atomic mass is 10.1. The maximum atomic E-state index is 6.30. The van der Waals surface area contributed by atoms with Gasteiger partial charge in [-0.3, -0.25) is 0 Å². The van der Waals surface area contributed by atoms with Crippen LogP contribution in [-0.4, -0.2) is 13.9 Å². The molecule has 0 aromatic heterocycles. The fourth-order valence-electron chi connectivity index (χ4n) is 2.85. The molecule has 0 N–H and O–H groups in total. The minimum atomic E-state index is -1.30. The fraction of sp³-hybridized carbons (Fsp3) is 1.00. The molecule has 0 saturated heterocycles. The third-order valence-electron chi connectivity index (χ3n) is 3.46. The molecule has 70 valence electrons. The number of hydrogen-bond donors (Lipinski definition) is 0. The highest BCUT2D eigenvalue weighted by Crippen LogP contribution is 2.69. The Morgan fingerprint density at radius 2 is 1.83 bits per heavy atom. The summed E-state index contributed by atoms with van der Waals surface area (Å²) in [6, 6.07) is 0. The van der Waals surface area contributed by atoms with Crippen LogP contribution in [-0.2, 0) is 4.43 Å². The Morgan fingerprint density at radius 1 is 1.17 bits per heavy atom. The van der Waals surface area contributed by atoms with E-state index in [0.29, 0.717) is 11.0 Å². The molecule has 2 aliphatic rings. The predicted molar refractivity (Wildman–Crippen MR) is 53.7 cm³/mol. The van der Waals surface area contributed by atoms with Crippen molar-refractivity contribution >= 4 is 8.32 Å². The summed E-state index contributed by atoms with van der Waals surface area (Å²) in [6.45, 7) is 9.32. The standard InChI is InChI=1S/C10H20OSi/c1-9-6-5-7-10(9,8-9)11-12(2,3)4/h5-8H2,1-4H3/t9-,10-/m1/s1. The van der Waals surface area contributed by atoms with Crippen LogP contribution >= 0.6 is 0 Å². The first-order chi connectivity index (χ1) is 5.37. The van der Waals surface area contributed by atoms with Gasteiger partial charge in [0, 0.05) is 0 Å². The summed E-state index contributed by atoms with van der Waals surface area (Å²) in [5.74, 6) is 0. The summed E-state index contributed by atoms with van der Waals surface area (Å²) in [5.41, 5.74) is 0.921. The Balaban J connectivity index is 2.06. The molecule has 0 amide bonds. The van der Waals surface area contributed by atoms with Crippen LogP contribution in [0.5, 0.6) is 0 Å². The molecule has 12 heavy (non-hydrogen) atoms. The van der Waals surface area contributed by atoms with Gasteiger partial charge in [-0.2, -0.15) is 0 Å². The maximum absolute atomic E-state index is 6.30. The van der Waals surface area contributed by atoms with Crippen molar-refractivity contribution in [2.45, 2.75) is 57.8 Å². The van der Waals surface area contributed by atoms with Gasteiger partial charge >= 0.3 is 0 Å². The van der Waals surface area contributed by atoms with Crippen molar-refractivity contribution in [2.24, 2.45) is 5.41 Å². The van der Waals surface area contributed by atoms with E-state index in [-0.39, 0.29) is 0 Å². The molecule has 0 spiro atoms. The molecule has 0 radical (unpaired) electrons. The molecule has 0 heterocycles. The van der Waals surface area contributed by atoms with Gasteiger partial charge in [0.1, 0.15) is 0 Å². The van der Waals surface area contributed by atoms with E-state index in [0.717, 1.165) is 0 Å². The second-order valence-electron chi connectivity index (χ2n) is 5.80. The number of rotatable bonds is 2. The molecule has 2 atom stereocenters. The van der Waals surface area contributed by atoms with Crippen LogP contribution in [0.25, 0.3) is 0 Å². The molecule has 0 aromatic rings. The first-order valence-corrected chi connectivity index (χ1v) is 8.48. The fourth-order valence-corrected chi connectivity index (χ4v) is 4.45. The highest BCUT2D eigenvalue weighted by Gasteiger charge is 2.68. The van der Waals surface area contributed by atoms with Crippen molar-refractivity contribution in [3.05, 3.63) is 0 Å². The summed E-state index contributed by atoms with van der Waals surface area (Å²) in [7, 11) is -1.30. The molecular formula is C10H20OSi. The van der Waals surface area contributed by atoms with Gasteiger partial charge in [-0.15, -0.1) is 0 Å². The van der Waals surface area contributed by atoms with Crippen molar-refractivity contribution in [3.8, 4) is 0 Å². The largest absolute Gasteiger partial charge is 0.412 e. The van der Waals surface area contributed by atoms with E-state index in [4.69, 9.17) is 4.43 Å². The van der Waals surface area contributed by atoms with Crippen molar-refractivity contribution in [1.82, 2.24) is 0 Å². The molecular weight excluding hydrogens is 164 g/mol. The second-order valence-corrected chi connectivity index (χ2v) is 10.2. The van der Waals surface area contributed by atoms with Crippen LogP contribution in [0.2, 0.25) is 19.6 Å². The van der Waals surface area contributed by atoms with Gasteiger partial charge in [0.25, 0.3) is 0 Å². The van der Waals surface area contributed by atoms with Crippen molar-refractivity contribution < 1.29 is 4.43 Å². The molecule has 1 nitrogen and oxygen atoms in total. The topological polar surface area (TPSA) is 9.23 Å². The Morgan fingerprint density at radius 3 is 2.17 bits per heavy atom. The summed E-state index contributed by atoms with van der Waals surface area (Å²) >= 11 is 0. The van der Waals surface area contributed by atoms with E-state index in [2.05, 4.69) is 26.6 Å². The quantitative estimate of drug-likeness (QED) is 0.599. The SMILES string of the molecule is C[C@]12CCC[C@@]1(O[Si](C)(C)C)C2.